The fourth-order valence-corrected chi connectivity index (χ4v) is 4.38. The van der Waals surface area contributed by atoms with Gasteiger partial charge in [-0.25, -0.2) is 13.1 Å². The molecule has 3 rings (SSSR count). The number of nitrogens with one attached hydrogen (secondary N) is 1. The maximum absolute atomic E-state index is 13.1. The van der Waals surface area contributed by atoms with E-state index in [0.29, 0.717) is 11.4 Å². The number of hydrogen-bond donors (Lipinski definition) is 1. The summed E-state index contributed by atoms with van der Waals surface area (Å²) in [5.74, 6) is -0.0599. The summed E-state index contributed by atoms with van der Waals surface area (Å²) in [7, 11) is -2.14. The van der Waals surface area contributed by atoms with E-state index in [4.69, 9.17) is 0 Å². The molecule has 0 aliphatic rings. The van der Waals surface area contributed by atoms with Crippen molar-refractivity contribution in [3.05, 3.63) is 75.1 Å². The first-order valence-electron chi connectivity index (χ1n) is 8.38. The Morgan fingerprint density at radius 1 is 1.00 bits per heavy atom. The van der Waals surface area contributed by atoms with Crippen LogP contribution >= 0.6 is 15.9 Å². The molecule has 0 aliphatic heterocycles. The lowest BCUT2D eigenvalue weighted by atomic mass is 10.1. The average Bonchev–Trinajstić information content (AvgIpc) is 2.86. The summed E-state index contributed by atoms with van der Waals surface area (Å²) >= 11 is 3.29. The predicted octanol–water partition coefficient (Wildman–Crippen LogP) is 3.86. The van der Waals surface area contributed by atoms with Gasteiger partial charge in [-0.3, -0.25) is 14.2 Å². The van der Waals surface area contributed by atoms with Crippen LogP contribution in [0, 0.1) is 0 Å². The van der Waals surface area contributed by atoms with Crippen molar-refractivity contribution in [2.24, 2.45) is 7.05 Å². The molecule has 0 saturated carbocycles. The van der Waals surface area contributed by atoms with Gasteiger partial charge in [0.05, 0.1) is 16.3 Å². The first kappa shape index (κ1) is 19.4. The minimum Gasteiger partial charge on any atom is -0.283 e. The van der Waals surface area contributed by atoms with E-state index in [1.165, 1.54) is 16.8 Å². The number of aromatic nitrogens is 2. The molecular formula is C19H20BrN3O3S. The van der Waals surface area contributed by atoms with Crippen LogP contribution in [0.5, 0.6) is 0 Å². The highest BCUT2D eigenvalue weighted by atomic mass is 79.9. The Labute approximate surface area is 166 Å². The molecule has 0 spiro atoms. The van der Waals surface area contributed by atoms with E-state index in [1.54, 1.807) is 36.0 Å². The van der Waals surface area contributed by atoms with Crippen LogP contribution in [-0.4, -0.2) is 17.8 Å². The lowest BCUT2D eigenvalue weighted by Crippen LogP contribution is -2.23. The van der Waals surface area contributed by atoms with Crippen LogP contribution in [0.4, 0.5) is 5.69 Å². The van der Waals surface area contributed by atoms with Crippen molar-refractivity contribution in [1.82, 2.24) is 9.36 Å². The Balaban J connectivity index is 2.16. The van der Waals surface area contributed by atoms with Gasteiger partial charge in [0, 0.05) is 11.5 Å². The van der Waals surface area contributed by atoms with Gasteiger partial charge < -0.3 is 0 Å². The molecule has 1 aromatic heterocycles. The number of rotatable bonds is 5. The molecule has 0 amide bonds. The van der Waals surface area contributed by atoms with E-state index >= 15 is 0 Å². The first-order chi connectivity index (χ1) is 12.7. The van der Waals surface area contributed by atoms with Crippen molar-refractivity contribution < 1.29 is 8.42 Å². The number of para-hydroxylation sites is 1. The Hall–Kier alpha value is -2.32. The fraction of sp³-hybridized carbons (Fsp3) is 0.211. The molecule has 0 aliphatic carbocycles. The van der Waals surface area contributed by atoms with Crippen molar-refractivity contribution in [2.45, 2.75) is 24.7 Å². The second-order valence-corrected chi connectivity index (χ2v) is 9.05. The highest BCUT2D eigenvalue weighted by molar-refractivity contribution is 9.10. The van der Waals surface area contributed by atoms with Crippen molar-refractivity contribution in [3.8, 4) is 5.69 Å². The molecule has 142 valence electrons. The smallest absolute Gasteiger partial charge is 0.283 e. The van der Waals surface area contributed by atoms with Crippen LogP contribution in [0.2, 0.25) is 0 Å². The number of halogens is 1. The number of nitrogens with zero attached hydrogens (tertiary/aromatic N) is 2. The Bertz CT molecular complexity index is 1120. The van der Waals surface area contributed by atoms with Crippen LogP contribution in [-0.2, 0) is 17.1 Å². The van der Waals surface area contributed by atoms with Crippen molar-refractivity contribution in [2.75, 3.05) is 4.72 Å². The van der Waals surface area contributed by atoms with Gasteiger partial charge in [0.25, 0.3) is 15.6 Å². The molecule has 8 heteroatoms. The summed E-state index contributed by atoms with van der Waals surface area (Å²) in [5.41, 5.74) is 0.942. The molecule has 0 atom stereocenters. The number of benzene rings is 2. The summed E-state index contributed by atoms with van der Waals surface area (Å²) in [6.45, 7) is 3.84. The lowest BCUT2D eigenvalue weighted by Gasteiger charge is -2.13. The zero-order valence-corrected chi connectivity index (χ0v) is 17.6. The monoisotopic (exact) mass is 449 g/mol. The van der Waals surface area contributed by atoms with E-state index in [2.05, 4.69) is 20.7 Å². The zero-order valence-electron chi connectivity index (χ0n) is 15.2. The van der Waals surface area contributed by atoms with Crippen molar-refractivity contribution >= 4 is 31.6 Å². The summed E-state index contributed by atoms with van der Waals surface area (Å²) in [6, 6.07) is 15.4. The number of hydrogen-bond acceptors (Lipinski definition) is 3. The average molecular weight is 450 g/mol. The Kier molecular flexibility index (Phi) is 5.30. The lowest BCUT2D eigenvalue weighted by molar-refractivity contribution is 0.594. The van der Waals surface area contributed by atoms with Crippen molar-refractivity contribution in [3.63, 3.8) is 0 Å². The van der Waals surface area contributed by atoms with Gasteiger partial charge >= 0.3 is 0 Å². The molecule has 0 unspecified atom stereocenters. The Morgan fingerprint density at radius 2 is 1.59 bits per heavy atom. The van der Waals surface area contributed by atoms with E-state index in [0.717, 1.165) is 4.47 Å². The van der Waals surface area contributed by atoms with Gasteiger partial charge in [0.2, 0.25) is 0 Å². The second kappa shape index (κ2) is 7.36. The third-order valence-electron chi connectivity index (χ3n) is 4.22. The third-order valence-corrected chi connectivity index (χ3v) is 6.11. The number of anilines is 1. The molecule has 0 bridgehead atoms. The fourth-order valence-electron chi connectivity index (χ4n) is 3.05. The van der Waals surface area contributed by atoms with Gasteiger partial charge in [-0.1, -0.05) is 48.0 Å². The minimum atomic E-state index is -3.89. The molecule has 0 radical (unpaired) electrons. The highest BCUT2D eigenvalue weighted by Gasteiger charge is 2.25. The maximum atomic E-state index is 13.1. The van der Waals surface area contributed by atoms with Gasteiger partial charge in [0.1, 0.15) is 5.69 Å². The molecule has 0 fully saturated rings. The van der Waals surface area contributed by atoms with E-state index in [9.17, 15) is 13.2 Å². The topological polar surface area (TPSA) is 73.1 Å². The standard InChI is InChI=1S/C19H20BrN3O3S/c1-13(2)18-17(21-27(25,26)16-11-9-14(20)10-12-16)19(24)23(22(18)3)15-7-5-4-6-8-15/h4-13,21H,1-3H3. The molecule has 0 saturated heterocycles. The minimum absolute atomic E-state index is 0.0599. The molecule has 1 heterocycles. The van der Waals surface area contributed by atoms with E-state index in [-0.39, 0.29) is 16.5 Å². The summed E-state index contributed by atoms with van der Waals surface area (Å²) in [5, 5.41) is 0. The van der Waals surface area contributed by atoms with Gasteiger partial charge in [-0.05, 0) is 42.3 Å². The highest BCUT2D eigenvalue weighted by Crippen LogP contribution is 2.25. The number of sulfonamides is 1. The molecule has 2 aromatic carbocycles. The van der Waals surface area contributed by atoms with Crippen LogP contribution in [0.1, 0.15) is 25.5 Å². The summed E-state index contributed by atoms with van der Waals surface area (Å²) in [6.07, 6.45) is 0. The molecule has 1 N–H and O–H groups in total. The van der Waals surface area contributed by atoms with Gasteiger partial charge in [0.15, 0.2) is 0 Å². The van der Waals surface area contributed by atoms with Gasteiger partial charge in [-0.2, -0.15) is 0 Å². The van der Waals surface area contributed by atoms with E-state index < -0.39 is 15.6 Å². The Morgan fingerprint density at radius 3 is 2.15 bits per heavy atom. The molecule has 3 aromatic rings. The van der Waals surface area contributed by atoms with Crippen LogP contribution < -0.4 is 10.3 Å². The first-order valence-corrected chi connectivity index (χ1v) is 10.7. The van der Waals surface area contributed by atoms with Crippen LogP contribution in [0.25, 0.3) is 5.69 Å². The van der Waals surface area contributed by atoms with Crippen LogP contribution in [0.15, 0.2) is 68.8 Å². The molecule has 6 nitrogen and oxygen atoms in total. The summed E-state index contributed by atoms with van der Waals surface area (Å²) in [4.78, 5) is 13.2. The molecule has 27 heavy (non-hydrogen) atoms. The second-order valence-electron chi connectivity index (χ2n) is 6.45. The van der Waals surface area contributed by atoms with Crippen LogP contribution in [0.3, 0.4) is 0 Å². The predicted molar refractivity (Wildman–Crippen MR) is 110 cm³/mol. The van der Waals surface area contributed by atoms with E-state index in [1.807, 2.05) is 32.0 Å². The quantitative estimate of drug-likeness (QED) is 0.642. The van der Waals surface area contributed by atoms with Crippen molar-refractivity contribution in [1.29, 1.82) is 0 Å². The largest absolute Gasteiger partial charge is 0.296 e. The summed E-state index contributed by atoms with van der Waals surface area (Å²) < 4.78 is 32.1. The molecular weight excluding hydrogens is 430 g/mol. The SMILES string of the molecule is CC(C)c1c(NS(=O)(=O)c2ccc(Br)cc2)c(=O)n(-c2ccccc2)n1C. The maximum Gasteiger partial charge on any atom is 0.296 e. The zero-order chi connectivity index (χ0) is 19.8. The van der Waals surface area contributed by atoms with Gasteiger partial charge in [-0.15, -0.1) is 0 Å². The normalized spacial score (nSPS) is 11.7. The third kappa shape index (κ3) is 3.72.